The molecule has 0 atom stereocenters. The zero-order chi connectivity index (χ0) is 13.2. The minimum atomic E-state index is -0.309. The maximum Gasteiger partial charge on any atom is 0.136 e. The van der Waals surface area contributed by atoms with E-state index in [9.17, 15) is 4.39 Å². The van der Waals surface area contributed by atoms with Crippen molar-refractivity contribution in [2.45, 2.75) is 25.4 Å². The van der Waals surface area contributed by atoms with Crippen molar-refractivity contribution in [3.05, 3.63) is 35.8 Å². The van der Waals surface area contributed by atoms with Crippen molar-refractivity contribution in [1.82, 2.24) is 15.5 Å². The summed E-state index contributed by atoms with van der Waals surface area (Å²) in [5, 5.41) is 10.3. The summed E-state index contributed by atoms with van der Waals surface area (Å²) in [6.07, 6.45) is 4.17. The molecule has 1 aliphatic rings. The molecule has 1 saturated carbocycles. The summed E-state index contributed by atoms with van der Waals surface area (Å²) in [7, 11) is 1.54. The van der Waals surface area contributed by atoms with E-state index in [0.717, 1.165) is 5.56 Å². The van der Waals surface area contributed by atoms with Gasteiger partial charge in [-0.05, 0) is 25.0 Å². The average molecular weight is 261 g/mol. The second-order valence-corrected chi connectivity index (χ2v) is 4.74. The molecule has 1 aromatic heterocycles. The summed E-state index contributed by atoms with van der Waals surface area (Å²) >= 11 is 0. The lowest BCUT2D eigenvalue weighted by Crippen LogP contribution is -2.15. The molecular formula is C14H16FN3O. The van der Waals surface area contributed by atoms with Gasteiger partial charge in [-0.2, -0.15) is 5.10 Å². The highest BCUT2D eigenvalue weighted by Crippen LogP contribution is 2.33. The van der Waals surface area contributed by atoms with Gasteiger partial charge in [0.15, 0.2) is 0 Å². The molecule has 2 N–H and O–H groups in total. The van der Waals surface area contributed by atoms with Gasteiger partial charge in [-0.25, -0.2) is 4.39 Å². The summed E-state index contributed by atoms with van der Waals surface area (Å²) in [4.78, 5) is 0. The van der Waals surface area contributed by atoms with Crippen LogP contribution in [0.2, 0.25) is 0 Å². The molecule has 100 valence electrons. The van der Waals surface area contributed by atoms with Crippen LogP contribution in [0.1, 0.15) is 18.4 Å². The van der Waals surface area contributed by atoms with Gasteiger partial charge >= 0.3 is 0 Å². The van der Waals surface area contributed by atoms with Crippen LogP contribution in [0.25, 0.3) is 11.3 Å². The molecule has 0 saturated heterocycles. The summed E-state index contributed by atoms with van der Waals surface area (Å²) in [5.74, 6) is 0.202. The van der Waals surface area contributed by atoms with Crippen LogP contribution >= 0.6 is 0 Å². The lowest BCUT2D eigenvalue weighted by molar-refractivity contribution is 0.413. The van der Waals surface area contributed by atoms with E-state index < -0.39 is 0 Å². The number of aromatic amines is 1. The Morgan fingerprint density at radius 1 is 1.47 bits per heavy atom. The topological polar surface area (TPSA) is 49.9 Å². The van der Waals surface area contributed by atoms with Gasteiger partial charge in [-0.15, -0.1) is 0 Å². The lowest BCUT2D eigenvalue weighted by atomic mass is 10.1. The van der Waals surface area contributed by atoms with Gasteiger partial charge in [-0.1, -0.05) is 6.07 Å². The first kappa shape index (κ1) is 12.2. The van der Waals surface area contributed by atoms with E-state index >= 15 is 0 Å². The van der Waals surface area contributed by atoms with Gasteiger partial charge in [0.05, 0.1) is 24.6 Å². The Balaban J connectivity index is 1.94. The largest absolute Gasteiger partial charge is 0.496 e. The van der Waals surface area contributed by atoms with E-state index in [1.54, 1.807) is 18.3 Å². The molecule has 4 nitrogen and oxygen atoms in total. The lowest BCUT2D eigenvalue weighted by Gasteiger charge is -2.10. The Labute approximate surface area is 111 Å². The zero-order valence-corrected chi connectivity index (χ0v) is 10.7. The van der Waals surface area contributed by atoms with E-state index in [1.807, 2.05) is 0 Å². The average Bonchev–Trinajstić information content (AvgIpc) is 3.14. The number of hydrogen-bond donors (Lipinski definition) is 2. The fraction of sp³-hybridized carbons (Fsp3) is 0.357. The van der Waals surface area contributed by atoms with E-state index in [1.165, 1.54) is 26.0 Å². The molecule has 5 heteroatoms. The number of halogens is 1. The normalized spacial score (nSPS) is 14.6. The molecule has 2 aromatic rings. The van der Waals surface area contributed by atoms with E-state index in [4.69, 9.17) is 4.74 Å². The minimum Gasteiger partial charge on any atom is -0.496 e. The Kier molecular flexibility index (Phi) is 3.21. The summed E-state index contributed by atoms with van der Waals surface area (Å²) < 4.78 is 19.3. The molecule has 1 heterocycles. The van der Waals surface area contributed by atoms with Gasteiger partial charge in [0, 0.05) is 18.2 Å². The fourth-order valence-electron chi connectivity index (χ4n) is 2.12. The smallest absolute Gasteiger partial charge is 0.136 e. The van der Waals surface area contributed by atoms with Crippen LogP contribution < -0.4 is 10.1 Å². The number of ether oxygens (including phenoxy) is 1. The van der Waals surface area contributed by atoms with Crippen molar-refractivity contribution in [3.8, 4) is 17.0 Å². The van der Waals surface area contributed by atoms with Gasteiger partial charge in [0.2, 0.25) is 0 Å². The minimum absolute atomic E-state index is 0.309. The first-order chi connectivity index (χ1) is 9.29. The summed E-state index contributed by atoms with van der Waals surface area (Å²) in [6.45, 7) is 0.688. The second-order valence-electron chi connectivity index (χ2n) is 4.74. The van der Waals surface area contributed by atoms with Crippen LogP contribution in [-0.2, 0) is 6.54 Å². The molecule has 0 unspecified atom stereocenters. The quantitative estimate of drug-likeness (QED) is 0.869. The number of nitrogens with zero attached hydrogens (tertiary/aromatic N) is 1. The fourth-order valence-corrected chi connectivity index (χ4v) is 2.12. The predicted molar refractivity (Wildman–Crippen MR) is 70.4 cm³/mol. The zero-order valence-electron chi connectivity index (χ0n) is 10.7. The molecule has 0 aliphatic heterocycles. The van der Waals surface area contributed by atoms with Crippen molar-refractivity contribution >= 4 is 0 Å². The van der Waals surface area contributed by atoms with Crippen molar-refractivity contribution in [3.63, 3.8) is 0 Å². The number of rotatable bonds is 5. The monoisotopic (exact) mass is 261 g/mol. The molecule has 0 spiro atoms. The number of nitrogens with one attached hydrogen (secondary N) is 2. The molecule has 19 heavy (non-hydrogen) atoms. The molecule has 1 aromatic carbocycles. The number of benzene rings is 1. The van der Waals surface area contributed by atoms with Crippen LogP contribution in [0.4, 0.5) is 4.39 Å². The molecule has 1 aliphatic carbocycles. The molecule has 1 fully saturated rings. The highest BCUT2D eigenvalue weighted by Gasteiger charge is 2.22. The number of methoxy groups -OCH3 is 1. The standard InChI is InChI=1S/C14H16FN3O/c1-19-12-4-2-3-11(15)13(12)14-9(8-17-18-14)7-16-10-5-6-10/h2-4,8,10,16H,5-7H2,1H3,(H,17,18). The summed E-state index contributed by atoms with van der Waals surface area (Å²) in [5.41, 5.74) is 2.08. The van der Waals surface area contributed by atoms with Crippen LogP contribution in [0.3, 0.4) is 0 Å². The number of aromatic nitrogens is 2. The van der Waals surface area contributed by atoms with Gasteiger partial charge < -0.3 is 10.1 Å². The van der Waals surface area contributed by atoms with Gasteiger partial charge in [-0.3, -0.25) is 5.10 Å². The van der Waals surface area contributed by atoms with E-state index in [0.29, 0.717) is 29.6 Å². The first-order valence-corrected chi connectivity index (χ1v) is 6.38. The molecule has 0 bridgehead atoms. The van der Waals surface area contributed by atoms with Gasteiger partial charge in [0.1, 0.15) is 11.6 Å². The Bertz CT molecular complexity index is 578. The van der Waals surface area contributed by atoms with Crippen LogP contribution in [-0.4, -0.2) is 23.3 Å². The third-order valence-corrected chi connectivity index (χ3v) is 3.32. The molecule has 3 rings (SSSR count). The van der Waals surface area contributed by atoms with E-state index in [-0.39, 0.29) is 5.82 Å². The predicted octanol–water partition coefficient (Wildman–Crippen LogP) is 2.48. The number of H-pyrrole nitrogens is 1. The first-order valence-electron chi connectivity index (χ1n) is 6.38. The Morgan fingerprint density at radius 3 is 3.05 bits per heavy atom. The van der Waals surface area contributed by atoms with Gasteiger partial charge in [0.25, 0.3) is 0 Å². The highest BCUT2D eigenvalue weighted by molar-refractivity contribution is 5.70. The van der Waals surface area contributed by atoms with Crippen LogP contribution in [0, 0.1) is 5.82 Å². The van der Waals surface area contributed by atoms with Crippen LogP contribution in [0.15, 0.2) is 24.4 Å². The number of hydrogen-bond acceptors (Lipinski definition) is 3. The van der Waals surface area contributed by atoms with Crippen molar-refractivity contribution in [1.29, 1.82) is 0 Å². The maximum absolute atomic E-state index is 14.0. The molecule has 0 amide bonds. The Hall–Kier alpha value is -1.88. The summed E-state index contributed by atoms with van der Waals surface area (Å²) in [6, 6.07) is 5.41. The second kappa shape index (κ2) is 5.01. The maximum atomic E-state index is 14.0. The third kappa shape index (κ3) is 2.46. The van der Waals surface area contributed by atoms with E-state index in [2.05, 4.69) is 15.5 Å². The Morgan fingerprint density at radius 2 is 2.32 bits per heavy atom. The third-order valence-electron chi connectivity index (χ3n) is 3.32. The SMILES string of the molecule is COc1cccc(F)c1-c1[nH]ncc1CNC1CC1. The van der Waals surface area contributed by atoms with Crippen molar-refractivity contribution < 1.29 is 9.13 Å². The highest BCUT2D eigenvalue weighted by atomic mass is 19.1. The molecular weight excluding hydrogens is 245 g/mol. The van der Waals surface area contributed by atoms with Crippen molar-refractivity contribution in [2.75, 3.05) is 7.11 Å². The molecule has 0 radical (unpaired) electrons. The van der Waals surface area contributed by atoms with Crippen molar-refractivity contribution in [2.24, 2.45) is 0 Å². The van der Waals surface area contributed by atoms with Crippen LogP contribution in [0.5, 0.6) is 5.75 Å².